The minimum Gasteiger partial charge on any atom is -0.476 e. The second-order valence-corrected chi connectivity index (χ2v) is 3.52. The van der Waals surface area contributed by atoms with E-state index in [2.05, 4.69) is 10.3 Å². The summed E-state index contributed by atoms with van der Waals surface area (Å²) in [5.74, 6) is -1.06. The summed E-state index contributed by atoms with van der Waals surface area (Å²) in [5, 5.41) is 11.4. The average molecular weight is 224 g/mol. The molecule has 1 aromatic rings. The number of aromatic nitrogens is 2. The standard InChI is InChI=1S/C9H12N4O3/c1-10-9(16)12-2-3-13-5-11-7(8(14)15)6(13)4-12/h5H,2-4H2,1H3,(H,10,16)(H,14,15). The van der Waals surface area contributed by atoms with Crippen LogP contribution in [0.2, 0.25) is 0 Å². The van der Waals surface area contributed by atoms with E-state index in [0.29, 0.717) is 18.8 Å². The number of amides is 2. The zero-order chi connectivity index (χ0) is 11.7. The van der Waals surface area contributed by atoms with Crippen LogP contribution in [0.15, 0.2) is 6.33 Å². The molecule has 0 saturated heterocycles. The normalized spacial score (nSPS) is 14.4. The first kappa shape index (κ1) is 10.5. The van der Waals surface area contributed by atoms with Gasteiger partial charge in [0.2, 0.25) is 0 Å². The Hall–Kier alpha value is -2.05. The Morgan fingerprint density at radius 2 is 2.25 bits per heavy atom. The summed E-state index contributed by atoms with van der Waals surface area (Å²) in [4.78, 5) is 27.7. The first-order valence-corrected chi connectivity index (χ1v) is 4.87. The number of urea groups is 1. The van der Waals surface area contributed by atoms with Crippen molar-refractivity contribution in [1.82, 2.24) is 19.8 Å². The van der Waals surface area contributed by atoms with Crippen LogP contribution in [-0.4, -0.2) is 45.2 Å². The fourth-order valence-corrected chi connectivity index (χ4v) is 1.76. The van der Waals surface area contributed by atoms with Gasteiger partial charge in [0.05, 0.1) is 18.6 Å². The largest absolute Gasteiger partial charge is 0.476 e. The molecule has 7 nitrogen and oxygen atoms in total. The lowest BCUT2D eigenvalue weighted by Gasteiger charge is -2.27. The molecule has 0 aliphatic carbocycles. The van der Waals surface area contributed by atoms with Crippen molar-refractivity contribution in [3.05, 3.63) is 17.7 Å². The second kappa shape index (κ2) is 3.84. The molecule has 2 N–H and O–H groups in total. The van der Waals surface area contributed by atoms with Crippen LogP contribution in [0.3, 0.4) is 0 Å². The zero-order valence-corrected chi connectivity index (χ0v) is 8.80. The molecule has 2 amide bonds. The van der Waals surface area contributed by atoms with Crippen LogP contribution < -0.4 is 5.32 Å². The first-order valence-electron chi connectivity index (χ1n) is 4.87. The van der Waals surface area contributed by atoms with Crippen molar-refractivity contribution in [3.63, 3.8) is 0 Å². The number of aromatic carboxylic acids is 1. The Morgan fingerprint density at radius 3 is 2.88 bits per heavy atom. The molecule has 0 radical (unpaired) electrons. The summed E-state index contributed by atoms with van der Waals surface area (Å²) in [6.07, 6.45) is 1.50. The second-order valence-electron chi connectivity index (χ2n) is 3.52. The fourth-order valence-electron chi connectivity index (χ4n) is 1.76. The van der Waals surface area contributed by atoms with Gasteiger partial charge in [-0.3, -0.25) is 0 Å². The van der Waals surface area contributed by atoms with E-state index in [4.69, 9.17) is 5.11 Å². The minimum atomic E-state index is -1.06. The van der Waals surface area contributed by atoms with Crippen molar-refractivity contribution in [2.24, 2.45) is 0 Å². The molecule has 0 spiro atoms. The van der Waals surface area contributed by atoms with E-state index in [1.165, 1.54) is 6.33 Å². The Kier molecular flexibility index (Phi) is 2.51. The first-order chi connectivity index (χ1) is 7.63. The number of hydrogen-bond donors (Lipinski definition) is 2. The van der Waals surface area contributed by atoms with E-state index in [-0.39, 0.29) is 18.3 Å². The van der Waals surface area contributed by atoms with Crippen molar-refractivity contribution in [3.8, 4) is 0 Å². The Balaban J connectivity index is 2.27. The average Bonchev–Trinajstić information content (AvgIpc) is 2.70. The third-order valence-corrected chi connectivity index (χ3v) is 2.60. The van der Waals surface area contributed by atoms with E-state index < -0.39 is 5.97 Å². The van der Waals surface area contributed by atoms with Crippen molar-refractivity contribution in [1.29, 1.82) is 0 Å². The van der Waals surface area contributed by atoms with Crippen LogP contribution in [0.25, 0.3) is 0 Å². The van der Waals surface area contributed by atoms with Gasteiger partial charge in [0.1, 0.15) is 0 Å². The maximum Gasteiger partial charge on any atom is 0.356 e. The number of nitrogens with one attached hydrogen (secondary N) is 1. The third kappa shape index (κ3) is 1.60. The lowest BCUT2D eigenvalue weighted by Crippen LogP contribution is -2.43. The molecule has 7 heteroatoms. The predicted molar refractivity (Wildman–Crippen MR) is 54.1 cm³/mol. The molecule has 0 bridgehead atoms. The maximum absolute atomic E-state index is 11.4. The van der Waals surface area contributed by atoms with E-state index in [9.17, 15) is 9.59 Å². The number of carbonyl (C=O) groups excluding carboxylic acids is 1. The SMILES string of the molecule is CNC(=O)N1CCn2cnc(C(=O)O)c2C1. The van der Waals surface area contributed by atoms with Gasteiger partial charge in [-0.25, -0.2) is 14.6 Å². The fraction of sp³-hybridized carbons (Fsp3) is 0.444. The molecular weight excluding hydrogens is 212 g/mol. The number of carbonyl (C=O) groups is 2. The number of carboxylic acids is 1. The van der Waals surface area contributed by atoms with Crippen LogP contribution in [0, 0.1) is 0 Å². The van der Waals surface area contributed by atoms with Crippen LogP contribution in [0.5, 0.6) is 0 Å². The molecule has 0 atom stereocenters. The summed E-state index contributed by atoms with van der Waals surface area (Å²) in [6.45, 7) is 1.41. The highest BCUT2D eigenvalue weighted by Crippen LogP contribution is 2.16. The van der Waals surface area contributed by atoms with E-state index >= 15 is 0 Å². The summed E-state index contributed by atoms with van der Waals surface area (Å²) in [7, 11) is 1.55. The number of nitrogens with zero attached hydrogens (tertiary/aromatic N) is 3. The van der Waals surface area contributed by atoms with Crippen molar-refractivity contribution < 1.29 is 14.7 Å². The highest BCUT2D eigenvalue weighted by molar-refractivity contribution is 5.87. The molecular formula is C9H12N4O3. The zero-order valence-electron chi connectivity index (χ0n) is 8.80. The van der Waals surface area contributed by atoms with Crippen LogP contribution in [0.1, 0.15) is 16.2 Å². The van der Waals surface area contributed by atoms with Crippen LogP contribution in [0.4, 0.5) is 4.79 Å². The number of rotatable bonds is 1. The third-order valence-electron chi connectivity index (χ3n) is 2.60. The number of hydrogen-bond acceptors (Lipinski definition) is 3. The summed E-state index contributed by atoms with van der Waals surface area (Å²) in [5.41, 5.74) is 0.593. The van der Waals surface area contributed by atoms with Gasteiger partial charge in [-0.15, -0.1) is 0 Å². The monoisotopic (exact) mass is 224 g/mol. The highest BCUT2D eigenvalue weighted by atomic mass is 16.4. The van der Waals surface area contributed by atoms with Crippen molar-refractivity contribution in [2.75, 3.05) is 13.6 Å². The molecule has 1 aliphatic heterocycles. The molecule has 1 aliphatic rings. The molecule has 86 valence electrons. The van der Waals surface area contributed by atoms with Gasteiger partial charge >= 0.3 is 12.0 Å². The highest BCUT2D eigenvalue weighted by Gasteiger charge is 2.25. The molecule has 2 heterocycles. The number of fused-ring (bicyclic) bond motifs is 1. The van der Waals surface area contributed by atoms with E-state index in [1.807, 2.05) is 0 Å². The Morgan fingerprint density at radius 1 is 1.50 bits per heavy atom. The summed E-state index contributed by atoms with van der Waals surface area (Å²) >= 11 is 0. The van der Waals surface area contributed by atoms with Gasteiger partial charge in [-0.2, -0.15) is 0 Å². The Bertz CT molecular complexity index is 440. The lowest BCUT2D eigenvalue weighted by molar-refractivity contribution is 0.0687. The molecule has 2 rings (SSSR count). The van der Waals surface area contributed by atoms with Gasteiger partial charge in [-0.1, -0.05) is 0 Å². The van der Waals surface area contributed by atoms with Gasteiger partial charge < -0.3 is 19.9 Å². The number of imidazole rings is 1. The maximum atomic E-state index is 11.4. The van der Waals surface area contributed by atoms with Crippen molar-refractivity contribution in [2.45, 2.75) is 13.1 Å². The van der Waals surface area contributed by atoms with Gasteiger partial charge in [-0.05, 0) is 0 Å². The van der Waals surface area contributed by atoms with Gasteiger partial charge in [0.25, 0.3) is 0 Å². The Labute approximate surface area is 91.7 Å². The quantitative estimate of drug-likeness (QED) is 0.687. The molecule has 0 aromatic carbocycles. The molecule has 0 saturated carbocycles. The topological polar surface area (TPSA) is 87.5 Å². The predicted octanol–water partition coefficient (Wildman–Crippen LogP) is -0.264. The van der Waals surface area contributed by atoms with Gasteiger partial charge in [0, 0.05) is 20.1 Å². The van der Waals surface area contributed by atoms with Gasteiger partial charge in [0.15, 0.2) is 5.69 Å². The molecule has 0 unspecified atom stereocenters. The summed E-state index contributed by atoms with van der Waals surface area (Å²) < 4.78 is 1.77. The molecule has 1 aromatic heterocycles. The summed E-state index contributed by atoms with van der Waals surface area (Å²) in [6, 6.07) is -0.205. The lowest BCUT2D eigenvalue weighted by atomic mass is 10.2. The van der Waals surface area contributed by atoms with Crippen LogP contribution >= 0.6 is 0 Å². The smallest absolute Gasteiger partial charge is 0.356 e. The van der Waals surface area contributed by atoms with E-state index in [1.54, 1.807) is 16.5 Å². The van der Waals surface area contributed by atoms with Crippen molar-refractivity contribution >= 4 is 12.0 Å². The molecule has 16 heavy (non-hydrogen) atoms. The minimum absolute atomic E-state index is 0.0219. The van der Waals surface area contributed by atoms with E-state index in [0.717, 1.165) is 0 Å². The van der Waals surface area contributed by atoms with Crippen LogP contribution in [-0.2, 0) is 13.1 Å². The molecule has 0 fully saturated rings. The number of carboxylic acid groups (broad SMARTS) is 1.